The molecule has 2 atom stereocenters. The van der Waals surface area contributed by atoms with Gasteiger partial charge in [0.15, 0.2) is 0 Å². The summed E-state index contributed by atoms with van der Waals surface area (Å²) in [4.78, 5) is 2.30. The van der Waals surface area contributed by atoms with Gasteiger partial charge in [0, 0.05) is 25.6 Å². The summed E-state index contributed by atoms with van der Waals surface area (Å²) in [5.74, 6) is 2.67. The molecule has 0 aromatic rings. The van der Waals surface area contributed by atoms with E-state index in [9.17, 15) is 0 Å². The van der Waals surface area contributed by atoms with Crippen LogP contribution in [-0.4, -0.2) is 50.8 Å². The number of terminal acetylenes is 1. The van der Waals surface area contributed by atoms with Gasteiger partial charge in [0.05, 0.1) is 12.7 Å². The average Bonchev–Trinajstić information content (AvgIpc) is 2.19. The fourth-order valence-corrected chi connectivity index (χ4v) is 1.81. The number of rotatable bonds is 4. The van der Waals surface area contributed by atoms with Gasteiger partial charge in [0.25, 0.3) is 0 Å². The highest BCUT2D eigenvalue weighted by atomic mass is 16.5. The van der Waals surface area contributed by atoms with Crippen molar-refractivity contribution in [3.05, 3.63) is 0 Å². The maximum absolute atomic E-state index is 5.73. The Labute approximate surface area is 86.8 Å². The zero-order valence-electron chi connectivity index (χ0n) is 9.12. The standard InChI is InChI=1S/C11H20N2O/c1-4-5-6-10(12-2)11-9-13(3)7-8-14-11/h1,10-12H,5-9H2,2-3H3. The molecular formula is C11H20N2O. The summed E-state index contributed by atoms with van der Waals surface area (Å²) in [6.07, 6.45) is 7.35. The normalized spacial score (nSPS) is 25.6. The monoisotopic (exact) mass is 196 g/mol. The van der Waals surface area contributed by atoms with Gasteiger partial charge in [0.2, 0.25) is 0 Å². The Morgan fingerprint density at radius 2 is 2.50 bits per heavy atom. The number of ether oxygens (including phenoxy) is 1. The van der Waals surface area contributed by atoms with Gasteiger partial charge in [-0.3, -0.25) is 0 Å². The molecule has 0 bridgehead atoms. The van der Waals surface area contributed by atoms with Gasteiger partial charge in [-0.25, -0.2) is 0 Å². The van der Waals surface area contributed by atoms with E-state index in [1.54, 1.807) is 0 Å². The van der Waals surface area contributed by atoms with Crippen LogP contribution >= 0.6 is 0 Å². The lowest BCUT2D eigenvalue weighted by Gasteiger charge is -2.34. The van der Waals surface area contributed by atoms with Gasteiger partial charge in [-0.2, -0.15) is 0 Å². The molecule has 0 aromatic heterocycles. The van der Waals surface area contributed by atoms with Crippen molar-refractivity contribution in [1.29, 1.82) is 0 Å². The number of morpholine rings is 1. The quantitative estimate of drug-likeness (QED) is 0.655. The van der Waals surface area contributed by atoms with Crippen molar-refractivity contribution in [2.45, 2.75) is 25.0 Å². The van der Waals surface area contributed by atoms with Crippen molar-refractivity contribution in [2.24, 2.45) is 0 Å². The van der Waals surface area contributed by atoms with Crippen molar-refractivity contribution in [3.8, 4) is 12.3 Å². The van der Waals surface area contributed by atoms with Crippen LogP contribution in [0.1, 0.15) is 12.8 Å². The van der Waals surface area contributed by atoms with E-state index in [4.69, 9.17) is 11.2 Å². The lowest BCUT2D eigenvalue weighted by molar-refractivity contribution is -0.0384. The first kappa shape index (κ1) is 11.5. The molecule has 1 N–H and O–H groups in total. The van der Waals surface area contributed by atoms with Gasteiger partial charge in [0.1, 0.15) is 0 Å². The third-order valence-electron chi connectivity index (χ3n) is 2.72. The Morgan fingerprint density at radius 3 is 3.07 bits per heavy atom. The topological polar surface area (TPSA) is 24.5 Å². The highest BCUT2D eigenvalue weighted by Gasteiger charge is 2.24. The van der Waals surface area contributed by atoms with Crippen LogP contribution in [0, 0.1) is 12.3 Å². The molecule has 0 amide bonds. The molecule has 3 nitrogen and oxygen atoms in total. The first-order valence-electron chi connectivity index (χ1n) is 5.18. The minimum Gasteiger partial charge on any atom is -0.374 e. The van der Waals surface area contributed by atoms with E-state index in [1.807, 2.05) is 7.05 Å². The molecular weight excluding hydrogens is 176 g/mol. The van der Waals surface area contributed by atoms with Crippen LogP contribution in [0.5, 0.6) is 0 Å². The van der Waals surface area contributed by atoms with E-state index in [1.165, 1.54) is 0 Å². The number of nitrogens with zero attached hydrogens (tertiary/aromatic N) is 1. The van der Waals surface area contributed by atoms with Crippen LogP contribution in [0.25, 0.3) is 0 Å². The van der Waals surface area contributed by atoms with Crippen LogP contribution < -0.4 is 5.32 Å². The molecule has 1 rings (SSSR count). The van der Waals surface area contributed by atoms with Gasteiger partial charge < -0.3 is 15.0 Å². The van der Waals surface area contributed by atoms with Crippen molar-refractivity contribution >= 4 is 0 Å². The average molecular weight is 196 g/mol. The first-order chi connectivity index (χ1) is 6.77. The Hall–Kier alpha value is -0.560. The van der Waals surface area contributed by atoms with E-state index in [0.717, 1.165) is 32.5 Å². The molecule has 1 heterocycles. The number of hydrogen-bond donors (Lipinski definition) is 1. The molecule has 0 aromatic carbocycles. The summed E-state index contributed by atoms with van der Waals surface area (Å²) in [6, 6.07) is 0.383. The molecule has 0 spiro atoms. The van der Waals surface area contributed by atoms with Crippen molar-refractivity contribution in [3.63, 3.8) is 0 Å². The zero-order chi connectivity index (χ0) is 10.4. The largest absolute Gasteiger partial charge is 0.374 e. The van der Waals surface area contributed by atoms with Gasteiger partial charge in [-0.05, 0) is 20.5 Å². The molecule has 80 valence electrons. The molecule has 1 aliphatic rings. The summed E-state index contributed by atoms with van der Waals surface area (Å²) in [5.41, 5.74) is 0. The predicted molar refractivity (Wildman–Crippen MR) is 58.2 cm³/mol. The highest BCUT2D eigenvalue weighted by molar-refractivity contribution is 4.89. The summed E-state index contributed by atoms with van der Waals surface area (Å²) in [5, 5.41) is 3.28. The SMILES string of the molecule is C#CCCC(NC)C1CN(C)CCO1. The minimum absolute atomic E-state index is 0.284. The van der Waals surface area contributed by atoms with E-state index < -0.39 is 0 Å². The number of hydrogen-bond acceptors (Lipinski definition) is 3. The summed E-state index contributed by atoms with van der Waals surface area (Å²) < 4.78 is 5.73. The van der Waals surface area contributed by atoms with Gasteiger partial charge in [-0.1, -0.05) is 0 Å². The van der Waals surface area contributed by atoms with Gasteiger partial charge in [-0.15, -0.1) is 12.3 Å². The van der Waals surface area contributed by atoms with Crippen LogP contribution in [0.3, 0.4) is 0 Å². The molecule has 3 heteroatoms. The van der Waals surface area contributed by atoms with E-state index >= 15 is 0 Å². The minimum atomic E-state index is 0.284. The van der Waals surface area contributed by atoms with Crippen molar-refractivity contribution in [2.75, 3.05) is 33.8 Å². The maximum atomic E-state index is 5.73. The Morgan fingerprint density at radius 1 is 1.71 bits per heavy atom. The summed E-state index contributed by atoms with van der Waals surface area (Å²) >= 11 is 0. The van der Waals surface area contributed by atoms with Crippen LogP contribution in [0.15, 0.2) is 0 Å². The molecule has 1 aliphatic heterocycles. The second kappa shape index (κ2) is 6.02. The molecule has 2 unspecified atom stereocenters. The first-order valence-corrected chi connectivity index (χ1v) is 5.18. The maximum Gasteiger partial charge on any atom is 0.0855 e. The van der Waals surface area contributed by atoms with E-state index in [2.05, 4.69) is 23.2 Å². The van der Waals surface area contributed by atoms with Crippen LogP contribution in [0.2, 0.25) is 0 Å². The Bertz CT molecular complexity index is 200. The van der Waals surface area contributed by atoms with Crippen molar-refractivity contribution < 1.29 is 4.74 Å². The van der Waals surface area contributed by atoms with Crippen LogP contribution in [0.4, 0.5) is 0 Å². The lowest BCUT2D eigenvalue weighted by Crippen LogP contribution is -2.50. The third-order valence-corrected chi connectivity index (χ3v) is 2.72. The fraction of sp³-hybridized carbons (Fsp3) is 0.818. The second-order valence-electron chi connectivity index (χ2n) is 3.81. The highest BCUT2D eigenvalue weighted by Crippen LogP contribution is 2.11. The van der Waals surface area contributed by atoms with Crippen LogP contribution in [-0.2, 0) is 4.74 Å². The second-order valence-corrected chi connectivity index (χ2v) is 3.81. The van der Waals surface area contributed by atoms with E-state index in [-0.39, 0.29) is 6.10 Å². The smallest absolute Gasteiger partial charge is 0.0855 e. The number of nitrogens with one attached hydrogen (secondary N) is 1. The van der Waals surface area contributed by atoms with Gasteiger partial charge >= 0.3 is 0 Å². The molecule has 0 saturated carbocycles. The summed E-state index contributed by atoms with van der Waals surface area (Å²) in [6.45, 7) is 2.85. The third kappa shape index (κ3) is 3.30. The molecule has 1 fully saturated rings. The number of likely N-dealkylation sites (N-methyl/N-ethyl adjacent to an activating group) is 2. The fourth-order valence-electron chi connectivity index (χ4n) is 1.81. The molecule has 1 saturated heterocycles. The molecule has 0 radical (unpaired) electrons. The Kier molecular flexibility index (Phi) is 4.95. The van der Waals surface area contributed by atoms with Crippen molar-refractivity contribution in [1.82, 2.24) is 10.2 Å². The molecule has 0 aliphatic carbocycles. The molecule has 14 heavy (non-hydrogen) atoms. The zero-order valence-corrected chi connectivity index (χ0v) is 9.12. The summed E-state index contributed by atoms with van der Waals surface area (Å²) in [7, 11) is 4.10. The lowest BCUT2D eigenvalue weighted by atomic mass is 10.0. The Balaban J connectivity index is 2.38. The van der Waals surface area contributed by atoms with E-state index in [0.29, 0.717) is 6.04 Å². The predicted octanol–water partition coefficient (Wildman–Crippen LogP) is 0.318.